The lowest BCUT2D eigenvalue weighted by Crippen LogP contribution is -2.37. The number of imidazole rings is 1. The van der Waals surface area contributed by atoms with Gasteiger partial charge in [-0.1, -0.05) is 12.1 Å². The van der Waals surface area contributed by atoms with Gasteiger partial charge < -0.3 is 9.88 Å². The number of nitrogens with zero attached hydrogens (tertiary/aromatic N) is 3. The molecule has 0 unspecified atom stereocenters. The first-order valence-corrected chi connectivity index (χ1v) is 8.97. The zero-order chi connectivity index (χ0) is 16.3. The Bertz CT molecular complexity index is 770. The van der Waals surface area contributed by atoms with Crippen LogP contribution < -0.4 is 5.32 Å². The van der Waals surface area contributed by atoms with Gasteiger partial charge in [0, 0.05) is 31.2 Å². The smallest absolute Gasteiger partial charge is 0.235 e. The molecule has 122 valence electrons. The Morgan fingerprint density at radius 2 is 2.04 bits per heavy atom. The van der Waals surface area contributed by atoms with Crippen molar-refractivity contribution in [1.82, 2.24) is 19.2 Å². The van der Waals surface area contributed by atoms with Crippen LogP contribution in [-0.4, -0.2) is 47.0 Å². The van der Waals surface area contributed by atoms with Crippen LogP contribution in [0.1, 0.15) is 12.0 Å². The summed E-state index contributed by atoms with van der Waals surface area (Å²) in [4.78, 5) is 15.9. The summed E-state index contributed by atoms with van der Waals surface area (Å²) in [5.74, 6) is -0.148. The monoisotopic (exact) mass is 334 g/mol. The molecular formula is C15H18N4O3S. The molecule has 1 aromatic heterocycles. The van der Waals surface area contributed by atoms with Crippen LogP contribution in [0.2, 0.25) is 0 Å². The third-order valence-electron chi connectivity index (χ3n) is 3.75. The summed E-state index contributed by atoms with van der Waals surface area (Å²) < 4.78 is 26.5. The second kappa shape index (κ2) is 6.51. The number of benzene rings is 1. The van der Waals surface area contributed by atoms with E-state index >= 15 is 0 Å². The average molecular weight is 334 g/mol. The standard InChI is InChI=1S/C15H18N4O3S/c20-15(11-19-7-1-9-23(19,21)22)17-10-13-2-4-14(5-3-13)18-8-6-16-12-18/h2-6,8,12H,1,7,9-11H2,(H,17,20). The minimum Gasteiger partial charge on any atom is -0.351 e. The van der Waals surface area contributed by atoms with Crippen LogP contribution in [0.3, 0.4) is 0 Å². The van der Waals surface area contributed by atoms with Crippen LogP contribution in [0.25, 0.3) is 5.69 Å². The first-order chi connectivity index (χ1) is 11.0. The van der Waals surface area contributed by atoms with Gasteiger partial charge in [0.2, 0.25) is 15.9 Å². The Kier molecular flexibility index (Phi) is 4.44. The third kappa shape index (κ3) is 3.77. The fourth-order valence-electron chi connectivity index (χ4n) is 2.48. The minimum atomic E-state index is -3.23. The predicted octanol–water partition coefficient (Wildman–Crippen LogP) is 0.524. The molecule has 0 radical (unpaired) electrons. The fraction of sp³-hybridized carbons (Fsp3) is 0.333. The van der Waals surface area contributed by atoms with Gasteiger partial charge in [-0.05, 0) is 24.1 Å². The van der Waals surface area contributed by atoms with Gasteiger partial charge >= 0.3 is 0 Å². The SMILES string of the molecule is O=C(CN1CCCS1(=O)=O)NCc1ccc(-n2ccnc2)cc1. The van der Waals surface area contributed by atoms with Gasteiger partial charge in [-0.3, -0.25) is 4.79 Å². The molecule has 1 fully saturated rings. The number of nitrogens with one attached hydrogen (secondary N) is 1. The summed E-state index contributed by atoms with van der Waals surface area (Å²) in [7, 11) is -3.23. The number of carbonyl (C=O) groups excluding carboxylic acids is 1. The predicted molar refractivity (Wildman–Crippen MR) is 85.4 cm³/mol. The van der Waals surface area contributed by atoms with Crippen LogP contribution in [-0.2, 0) is 21.4 Å². The van der Waals surface area contributed by atoms with Gasteiger partial charge in [0.1, 0.15) is 0 Å². The highest BCUT2D eigenvalue weighted by Gasteiger charge is 2.29. The van der Waals surface area contributed by atoms with E-state index < -0.39 is 10.0 Å². The van der Waals surface area contributed by atoms with Gasteiger partial charge in [-0.25, -0.2) is 13.4 Å². The molecule has 1 aromatic carbocycles. The molecule has 0 aliphatic carbocycles. The zero-order valence-electron chi connectivity index (χ0n) is 12.6. The first-order valence-electron chi connectivity index (χ1n) is 7.36. The largest absolute Gasteiger partial charge is 0.351 e. The molecule has 8 heteroatoms. The Morgan fingerprint density at radius 1 is 1.26 bits per heavy atom. The average Bonchev–Trinajstić information content (AvgIpc) is 3.16. The van der Waals surface area contributed by atoms with E-state index in [2.05, 4.69) is 10.3 Å². The van der Waals surface area contributed by atoms with Gasteiger partial charge in [0.15, 0.2) is 0 Å². The maximum Gasteiger partial charge on any atom is 0.235 e. The second-order valence-corrected chi connectivity index (χ2v) is 7.50. The van der Waals surface area contributed by atoms with Crippen molar-refractivity contribution < 1.29 is 13.2 Å². The van der Waals surface area contributed by atoms with Crippen LogP contribution in [0.15, 0.2) is 43.0 Å². The molecule has 7 nitrogen and oxygen atoms in total. The first kappa shape index (κ1) is 15.7. The molecule has 23 heavy (non-hydrogen) atoms. The topological polar surface area (TPSA) is 84.3 Å². The Hall–Kier alpha value is -2.19. The number of sulfonamides is 1. The normalized spacial score (nSPS) is 17.2. The Balaban J connectivity index is 1.53. The molecule has 1 aliphatic heterocycles. The molecule has 0 saturated carbocycles. The van der Waals surface area contributed by atoms with E-state index in [-0.39, 0.29) is 18.2 Å². The van der Waals surface area contributed by atoms with Crippen molar-refractivity contribution in [2.75, 3.05) is 18.8 Å². The van der Waals surface area contributed by atoms with Crippen molar-refractivity contribution in [3.63, 3.8) is 0 Å². The fourth-order valence-corrected chi connectivity index (χ4v) is 3.96. The molecule has 1 amide bonds. The van der Waals surface area contributed by atoms with E-state index in [4.69, 9.17) is 0 Å². The quantitative estimate of drug-likeness (QED) is 0.864. The van der Waals surface area contributed by atoms with Gasteiger partial charge in [0.05, 0.1) is 18.6 Å². The van der Waals surface area contributed by atoms with E-state index in [1.807, 2.05) is 35.0 Å². The molecule has 3 rings (SSSR count). The van der Waals surface area contributed by atoms with E-state index in [0.717, 1.165) is 11.3 Å². The second-order valence-electron chi connectivity index (χ2n) is 5.42. The summed E-state index contributed by atoms with van der Waals surface area (Å²) in [6, 6.07) is 7.71. The molecule has 0 spiro atoms. The summed E-state index contributed by atoms with van der Waals surface area (Å²) in [5, 5.41) is 2.75. The van der Waals surface area contributed by atoms with Crippen molar-refractivity contribution in [2.45, 2.75) is 13.0 Å². The summed E-state index contributed by atoms with van der Waals surface area (Å²) in [6.45, 7) is 0.696. The minimum absolute atomic E-state index is 0.102. The lowest BCUT2D eigenvalue weighted by Gasteiger charge is -2.14. The van der Waals surface area contributed by atoms with Crippen molar-refractivity contribution in [1.29, 1.82) is 0 Å². The lowest BCUT2D eigenvalue weighted by molar-refractivity contribution is -0.121. The number of carbonyl (C=O) groups is 1. The molecule has 0 atom stereocenters. The summed E-state index contributed by atoms with van der Waals surface area (Å²) in [6.07, 6.45) is 5.87. The molecule has 2 heterocycles. The summed E-state index contributed by atoms with van der Waals surface area (Å²) in [5.41, 5.74) is 1.94. The van der Waals surface area contributed by atoms with Crippen molar-refractivity contribution in [3.05, 3.63) is 48.5 Å². The van der Waals surface area contributed by atoms with Crippen molar-refractivity contribution in [2.24, 2.45) is 0 Å². The van der Waals surface area contributed by atoms with E-state index in [1.54, 1.807) is 12.5 Å². The number of aromatic nitrogens is 2. The molecule has 1 saturated heterocycles. The lowest BCUT2D eigenvalue weighted by atomic mass is 10.2. The van der Waals surface area contributed by atoms with E-state index in [0.29, 0.717) is 19.5 Å². The Morgan fingerprint density at radius 3 is 2.65 bits per heavy atom. The molecule has 2 aromatic rings. The van der Waals surface area contributed by atoms with E-state index in [9.17, 15) is 13.2 Å². The molecule has 1 N–H and O–H groups in total. The van der Waals surface area contributed by atoms with Crippen LogP contribution in [0, 0.1) is 0 Å². The van der Waals surface area contributed by atoms with Gasteiger partial charge in [-0.2, -0.15) is 4.31 Å². The van der Waals surface area contributed by atoms with Gasteiger partial charge in [0.25, 0.3) is 0 Å². The number of amides is 1. The highest BCUT2D eigenvalue weighted by atomic mass is 32.2. The highest BCUT2D eigenvalue weighted by molar-refractivity contribution is 7.89. The van der Waals surface area contributed by atoms with Crippen molar-refractivity contribution in [3.8, 4) is 5.69 Å². The number of hydrogen-bond donors (Lipinski definition) is 1. The van der Waals surface area contributed by atoms with E-state index in [1.165, 1.54) is 4.31 Å². The van der Waals surface area contributed by atoms with Crippen LogP contribution >= 0.6 is 0 Å². The van der Waals surface area contributed by atoms with Crippen LogP contribution in [0.5, 0.6) is 0 Å². The Labute approximate surface area is 135 Å². The maximum absolute atomic E-state index is 11.9. The van der Waals surface area contributed by atoms with Gasteiger partial charge in [-0.15, -0.1) is 0 Å². The third-order valence-corrected chi connectivity index (χ3v) is 5.65. The summed E-state index contributed by atoms with van der Waals surface area (Å²) >= 11 is 0. The molecule has 0 bridgehead atoms. The van der Waals surface area contributed by atoms with Crippen LogP contribution in [0.4, 0.5) is 0 Å². The highest BCUT2D eigenvalue weighted by Crippen LogP contribution is 2.12. The molecule has 1 aliphatic rings. The maximum atomic E-state index is 11.9. The number of rotatable bonds is 5. The van der Waals surface area contributed by atoms with Crippen molar-refractivity contribution >= 4 is 15.9 Å². The zero-order valence-corrected chi connectivity index (χ0v) is 13.4. The number of hydrogen-bond acceptors (Lipinski definition) is 4. The molecular weight excluding hydrogens is 316 g/mol.